The van der Waals surface area contributed by atoms with E-state index < -0.39 is 5.82 Å². The maximum atomic E-state index is 13.1. The molecule has 1 aromatic carbocycles. The number of fused-ring (bicyclic) bond motifs is 1. The number of nitrogens with zero attached hydrogens (tertiary/aromatic N) is 2. The monoisotopic (exact) mass is 213 g/mol. The number of halogens is 2. The van der Waals surface area contributed by atoms with E-state index >= 15 is 0 Å². The summed E-state index contributed by atoms with van der Waals surface area (Å²) >= 11 is 5.83. The van der Waals surface area contributed by atoms with E-state index in [1.165, 1.54) is 6.07 Å². The van der Waals surface area contributed by atoms with Crippen molar-refractivity contribution < 1.29 is 4.39 Å². The van der Waals surface area contributed by atoms with Crippen LogP contribution in [0.1, 0.15) is 0 Å². The van der Waals surface area contributed by atoms with Crippen molar-refractivity contribution in [3.05, 3.63) is 29.2 Å². The van der Waals surface area contributed by atoms with Crippen molar-refractivity contribution in [2.24, 2.45) is 5.73 Å². The highest BCUT2D eigenvalue weighted by Gasteiger charge is 2.10. The lowest BCUT2D eigenvalue weighted by atomic mass is 10.2. The zero-order chi connectivity index (χ0) is 10.1. The third-order valence-electron chi connectivity index (χ3n) is 2.04. The molecule has 0 aliphatic heterocycles. The molecule has 2 N–H and O–H groups in total. The fourth-order valence-corrected chi connectivity index (χ4v) is 1.67. The van der Waals surface area contributed by atoms with Crippen LogP contribution in [0.15, 0.2) is 18.3 Å². The average molecular weight is 214 g/mol. The average Bonchev–Trinajstić information content (AvgIpc) is 2.57. The van der Waals surface area contributed by atoms with Gasteiger partial charge >= 0.3 is 0 Å². The van der Waals surface area contributed by atoms with Crippen molar-refractivity contribution in [3.63, 3.8) is 0 Å². The van der Waals surface area contributed by atoms with Crippen LogP contribution in [-0.2, 0) is 6.54 Å². The van der Waals surface area contributed by atoms with Gasteiger partial charge in [0.25, 0.3) is 0 Å². The first-order valence-electron chi connectivity index (χ1n) is 4.23. The molecule has 74 valence electrons. The second-order valence-corrected chi connectivity index (χ2v) is 3.33. The topological polar surface area (TPSA) is 43.8 Å². The largest absolute Gasteiger partial charge is 0.329 e. The minimum absolute atomic E-state index is 0.105. The SMILES string of the molecule is NCCn1ncc2ccc(F)c(Cl)c21. The van der Waals surface area contributed by atoms with E-state index in [1.54, 1.807) is 16.9 Å². The van der Waals surface area contributed by atoms with E-state index in [2.05, 4.69) is 5.10 Å². The minimum Gasteiger partial charge on any atom is -0.329 e. The summed E-state index contributed by atoms with van der Waals surface area (Å²) < 4.78 is 14.8. The van der Waals surface area contributed by atoms with E-state index in [-0.39, 0.29) is 5.02 Å². The highest BCUT2D eigenvalue weighted by atomic mass is 35.5. The van der Waals surface area contributed by atoms with Crippen molar-refractivity contribution >= 4 is 22.5 Å². The minimum atomic E-state index is -0.432. The Morgan fingerprint density at radius 3 is 3.00 bits per heavy atom. The molecule has 0 bridgehead atoms. The molecule has 14 heavy (non-hydrogen) atoms. The molecule has 0 fully saturated rings. The predicted octanol–water partition coefficient (Wildman–Crippen LogP) is 1.79. The molecule has 0 saturated heterocycles. The number of hydrogen-bond donors (Lipinski definition) is 1. The molecular formula is C9H9ClFN3. The standard InChI is InChI=1S/C9H9ClFN3/c10-8-7(11)2-1-6-5-13-14(4-3-12)9(6)8/h1-2,5H,3-4,12H2. The molecule has 2 rings (SSSR count). The number of rotatable bonds is 2. The van der Waals surface area contributed by atoms with Crippen LogP contribution in [0, 0.1) is 5.82 Å². The lowest BCUT2D eigenvalue weighted by Gasteiger charge is -2.02. The first kappa shape index (κ1) is 9.43. The molecule has 0 saturated carbocycles. The Bertz CT molecular complexity index is 466. The lowest BCUT2D eigenvalue weighted by Crippen LogP contribution is -2.10. The lowest BCUT2D eigenvalue weighted by molar-refractivity contribution is 0.621. The van der Waals surface area contributed by atoms with Crippen LogP contribution in [0.2, 0.25) is 5.02 Å². The van der Waals surface area contributed by atoms with Gasteiger partial charge in [-0.15, -0.1) is 0 Å². The third kappa shape index (κ3) is 1.36. The second kappa shape index (κ2) is 3.55. The Morgan fingerprint density at radius 2 is 2.29 bits per heavy atom. The zero-order valence-corrected chi connectivity index (χ0v) is 8.13. The van der Waals surface area contributed by atoms with E-state index in [0.717, 1.165) is 5.39 Å². The van der Waals surface area contributed by atoms with E-state index in [0.29, 0.717) is 18.6 Å². The molecular weight excluding hydrogens is 205 g/mol. The van der Waals surface area contributed by atoms with Crippen molar-refractivity contribution in [1.29, 1.82) is 0 Å². The van der Waals surface area contributed by atoms with Gasteiger partial charge in [-0.3, -0.25) is 4.68 Å². The summed E-state index contributed by atoms with van der Waals surface area (Å²) in [7, 11) is 0. The van der Waals surface area contributed by atoms with E-state index in [1.807, 2.05) is 0 Å². The Balaban J connectivity index is 2.69. The molecule has 2 aromatic rings. The Morgan fingerprint density at radius 1 is 1.50 bits per heavy atom. The first-order valence-corrected chi connectivity index (χ1v) is 4.61. The van der Waals surface area contributed by atoms with Gasteiger partial charge in [-0.05, 0) is 12.1 Å². The fraction of sp³-hybridized carbons (Fsp3) is 0.222. The van der Waals surface area contributed by atoms with Gasteiger partial charge in [0, 0.05) is 11.9 Å². The molecule has 0 amide bonds. The molecule has 0 atom stereocenters. The summed E-state index contributed by atoms with van der Waals surface area (Å²) in [5.74, 6) is -0.432. The fourth-order valence-electron chi connectivity index (χ4n) is 1.40. The van der Waals surface area contributed by atoms with Gasteiger partial charge < -0.3 is 5.73 Å². The smallest absolute Gasteiger partial charge is 0.144 e. The van der Waals surface area contributed by atoms with E-state index in [9.17, 15) is 4.39 Å². The van der Waals surface area contributed by atoms with Crippen LogP contribution in [0.25, 0.3) is 10.9 Å². The number of nitrogens with two attached hydrogens (primary N) is 1. The first-order chi connectivity index (χ1) is 6.74. The quantitative estimate of drug-likeness (QED) is 0.827. The van der Waals surface area contributed by atoms with Crippen molar-refractivity contribution in [3.8, 4) is 0 Å². The van der Waals surface area contributed by atoms with Gasteiger partial charge in [0.2, 0.25) is 0 Å². The van der Waals surface area contributed by atoms with Crippen LogP contribution in [0.4, 0.5) is 4.39 Å². The van der Waals surface area contributed by atoms with Gasteiger partial charge in [-0.25, -0.2) is 4.39 Å². The molecule has 0 spiro atoms. The number of aromatic nitrogens is 2. The Kier molecular flexibility index (Phi) is 2.39. The van der Waals surface area contributed by atoms with Gasteiger partial charge in [-0.1, -0.05) is 11.6 Å². The summed E-state index contributed by atoms with van der Waals surface area (Å²) in [6.45, 7) is 0.982. The van der Waals surface area contributed by atoms with Crippen LogP contribution in [-0.4, -0.2) is 16.3 Å². The molecule has 0 aliphatic rings. The van der Waals surface area contributed by atoms with Crippen molar-refractivity contribution in [2.75, 3.05) is 6.54 Å². The maximum Gasteiger partial charge on any atom is 0.144 e. The van der Waals surface area contributed by atoms with E-state index in [4.69, 9.17) is 17.3 Å². The summed E-state index contributed by atoms with van der Waals surface area (Å²) in [5.41, 5.74) is 6.01. The maximum absolute atomic E-state index is 13.1. The molecule has 0 radical (unpaired) electrons. The second-order valence-electron chi connectivity index (χ2n) is 2.96. The number of hydrogen-bond acceptors (Lipinski definition) is 2. The molecule has 3 nitrogen and oxygen atoms in total. The molecule has 1 aromatic heterocycles. The Labute approximate surface area is 85.3 Å². The van der Waals surface area contributed by atoms with Crippen molar-refractivity contribution in [2.45, 2.75) is 6.54 Å². The van der Waals surface area contributed by atoms with Crippen LogP contribution < -0.4 is 5.73 Å². The van der Waals surface area contributed by atoms with Crippen molar-refractivity contribution in [1.82, 2.24) is 9.78 Å². The predicted molar refractivity (Wildman–Crippen MR) is 53.8 cm³/mol. The van der Waals surface area contributed by atoms with Gasteiger partial charge in [0.1, 0.15) is 10.8 Å². The summed E-state index contributed by atoms with van der Waals surface area (Å²) in [6, 6.07) is 2.98. The molecule has 5 heteroatoms. The summed E-state index contributed by atoms with van der Waals surface area (Å²) in [5, 5.41) is 5.00. The molecule has 0 aliphatic carbocycles. The normalized spacial score (nSPS) is 11.1. The third-order valence-corrected chi connectivity index (χ3v) is 2.40. The molecule has 0 unspecified atom stereocenters. The van der Waals surface area contributed by atoms with Gasteiger partial charge in [0.05, 0.1) is 18.3 Å². The van der Waals surface area contributed by atoms with Gasteiger partial charge in [0.15, 0.2) is 0 Å². The van der Waals surface area contributed by atoms with Crippen LogP contribution in [0.3, 0.4) is 0 Å². The zero-order valence-electron chi connectivity index (χ0n) is 7.37. The highest BCUT2D eigenvalue weighted by Crippen LogP contribution is 2.25. The number of benzene rings is 1. The Hall–Kier alpha value is -1.13. The van der Waals surface area contributed by atoms with Gasteiger partial charge in [-0.2, -0.15) is 5.10 Å². The van der Waals surface area contributed by atoms with Crippen LogP contribution in [0.5, 0.6) is 0 Å². The summed E-state index contributed by atoms with van der Waals surface area (Å²) in [6.07, 6.45) is 1.65. The molecule has 1 heterocycles. The van der Waals surface area contributed by atoms with Crippen LogP contribution >= 0.6 is 11.6 Å². The highest BCUT2D eigenvalue weighted by molar-refractivity contribution is 6.35. The summed E-state index contributed by atoms with van der Waals surface area (Å²) in [4.78, 5) is 0.